The van der Waals surface area contributed by atoms with E-state index in [0.717, 1.165) is 155 Å². The predicted molar refractivity (Wildman–Crippen MR) is 471 cm³/mol. The van der Waals surface area contributed by atoms with E-state index in [-0.39, 0.29) is 36.8 Å². The topological polar surface area (TPSA) is 109 Å². The molecule has 4 fully saturated rings. The molecular formula is C100H107F7N10O5. The van der Waals surface area contributed by atoms with Crippen LogP contribution in [0, 0.1) is 26.6 Å². The molecule has 12 aromatic rings. The lowest BCUT2D eigenvalue weighted by Gasteiger charge is -2.38. The number of aromatic nitrogens is 2. The molecule has 15 nitrogen and oxygen atoms in total. The smallest absolute Gasteiger partial charge is 0.416 e. The molecule has 4 unspecified atom stereocenters. The number of alkyl halides is 6. The Kier molecular flexibility index (Phi) is 31.5. The molecule has 0 amide bonds. The fraction of sp³-hybridized carbons (Fsp3) is 0.300. The average molecular weight is 1660 g/mol. The summed E-state index contributed by atoms with van der Waals surface area (Å²) in [5, 5.41) is 9.65. The van der Waals surface area contributed by atoms with Gasteiger partial charge < -0.3 is 43.7 Å². The van der Waals surface area contributed by atoms with Crippen molar-refractivity contribution in [3.05, 3.63) is 371 Å². The van der Waals surface area contributed by atoms with Gasteiger partial charge in [-0.05, 0) is 152 Å². The van der Waals surface area contributed by atoms with E-state index in [2.05, 4.69) is 137 Å². The molecule has 0 spiro atoms. The number of anilines is 4. The molecule has 4 aliphatic heterocycles. The van der Waals surface area contributed by atoms with Crippen LogP contribution in [0.3, 0.4) is 0 Å². The molecule has 22 heteroatoms. The average Bonchev–Trinajstić information content (AvgIpc) is 0.819. The molecule has 636 valence electrons. The number of benzene rings is 11. The van der Waals surface area contributed by atoms with Gasteiger partial charge in [-0.2, -0.15) is 26.3 Å². The lowest BCUT2D eigenvalue weighted by Crippen LogP contribution is -2.48. The van der Waals surface area contributed by atoms with E-state index >= 15 is 0 Å². The van der Waals surface area contributed by atoms with E-state index in [9.17, 15) is 35.8 Å². The minimum absolute atomic E-state index is 0.00909. The van der Waals surface area contributed by atoms with Crippen LogP contribution in [-0.2, 0) is 19.0 Å². The standard InChI is InChI=1S/2C26H27F3N2O.C26H30N2O2.C22H23FN4O/c2*1-20-10-12-24(13-11-20)32-25(21-6-3-2-4-7-21)19-30-14-16-31(17-15-30)23-9-5-8-22(18-23)26(27,28)29;1-21-11-13-24(14-12-21)30-26(22-7-3-2-4-8-22)19-27-15-17-28(18-16-27)25-10-6-5-9-23(25)20-29;23-19-7-9-20(10-8-19)28-21(18-5-2-1-3-6-18)17-26-13-15-27(16-14-26)22-24-11-4-12-25-22/h2*2-13,18,25H,14-17,19H2,1H3;2-14,26,29H,15-20H2,1H3;1-12,21H,13-17H2. The maximum absolute atomic E-state index is 13.2. The predicted octanol–water partition coefficient (Wildman–Crippen LogP) is 19.9. The third-order valence-electron chi connectivity index (χ3n) is 22.3. The largest absolute Gasteiger partial charge is 0.484 e. The lowest BCUT2D eigenvalue weighted by molar-refractivity contribution is -0.138. The van der Waals surface area contributed by atoms with Crippen molar-refractivity contribution in [1.29, 1.82) is 0 Å². The van der Waals surface area contributed by atoms with Gasteiger partial charge in [0.2, 0.25) is 5.95 Å². The van der Waals surface area contributed by atoms with Crippen LogP contribution in [0.1, 0.15) is 80.1 Å². The Morgan fingerprint density at radius 2 is 0.598 bits per heavy atom. The zero-order valence-electron chi connectivity index (χ0n) is 69.3. The SMILES string of the molecule is Cc1ccc(OC(CN2CCN(c3cccc(C(F)(F)F)c3)CC2)c2ccccc2)cc1.Cc1ccc(OC(CN2CCN(c3cccc(C(F)(F)F)c3)CC2)c2ccccc2)cc1.Cc1ccc(OC(CN2CCN(c3ccccc3CO)CC2)c2ccccc2)cc1.Fc1ccc(OC(CN2CCN(c3ncccn3)CC2)c2ccccc2)cc1. The van der Waals surface area contributed by atoms with Crippen molar-refractivity contribution in [2.75, 3.05) is 150 Å². The lowest BCUT2D eigenvalue weighted by atomic mass is 10.1. The molecular weight excluding hydrogens is 1550 g/mol. The molecule has 4 atom stereocenters. The Hall–Kier alpha value is -11.8. The van der Waals surface area contributed by atoms with Crippen LogP contribution in [0.4, 0.5) is 53.7 Å². The number of nitrogens with zero attached hydrogens (tertiary/aromatic N) is 10. The molecule has 1 aromatic heterocycles. The molecule has 11 aromatic carbocycles. The van der Waals surface area contributed by atoms with Crippen molar-refractivity contribution in [1.82, 2.24) is 29.6 Å². The molecule has 0 saturated carbocycles. The minimum atomic E-state index is -4.33. The summed E-state index contributed by atoms with van der Waals surface area (Å²) in [6, 6.07) is 92.6. The fourth-order valence-electron chi connectivity index (χ4n) is 15.3. The Morgan fingerprint density at radius 3 is 0.910 bits per heavy atom. The summed E-state index contributed by atoms with van der Waals surface area (Å²) in [5.41, 5.74) is 10.3. The van der Waals surface area contributed by atoms with E-state index in [1.54, 1.807) is 36.7 Å². The van der Waals surface area contributed by atoms with Gasteiger partial charge in [-0.15, -0.1) is 0 Å². The molecule has 1 N–H and O–H groups in total. The van der Waals surface area contributed by atoms with Gasteiger partial charge in [-0.25, -0.2) is 14.4 Å². The van der Waals surface area contributed by atoms with Crippen LogP contribution in [0.15, 0.2) is 310 Å². The highest BCUT2D eigenvalue weighted by Gasteiger charge is 2.34. The highest BCUT2D eigenvalue weighted by Crippen LogP contribution is 2.36. The number of hydrogen-bond donors (Lipinski definition) is 1. The number of para-hydroxylation sites is 1. The van der Waals surface area contributed by atoms with E-state index in [4.69, 9.17) is 18.9 Å². The highest BCUT2D eigenvalue weighted by molar-refractivity contribution is 5.54. The summed E-state index contributed by atoms with van der Waals surface area (Å²) in [6.07, 6.45) is -5.48. The quantitative estimate of drug-likeness (QED) is 0.0548. The van der Waals surface area contributed by atoms with Gasteiger partial charge in [0.25, 0.3) is 0 Å². The molecule has 16 rings (SSSR count). The summed E-state index contributed by atoms with van der Waals surface area (Å²) in [4.78, 5) is 26.8. The first-order chi connectivity index (χ1) is 59.3. The number of aliphatic hydroxyl groups is 1. The number of aryl methyl sites for hydroxylation is 3. The number of rotatable bonds is 25. The number of halogens is 7. The van der Waals surface area contributed by atoms with E-state index in [1.165, 1.54) is 58.7 Å². The first-order valence-electron chi connectivity index (χ1n) is 41.8. The first-order valence-corrected chi connectivity index (χ1v) is 41.8. The van der Waals surface area contributed by atoms with Crippen molar-refractivity contribution >= 4 is 23.0 Å². The number of hydrogen-bond acceptors (Lipinski definition) is 15. The highest BCUT2D eigenvalue weighted by atomic mass is 19.4. The van der Waals surface area contributed by atoms with Gasteiger partial charge in [0, 0.05) is 166 Å². The molecule has 4 saturated heterocycles. The van der Waals surface area contributed by atoms with Crippen LogP contribution in [0.25, 0.3) is 0 Å². The summed E-state index contributed by atoms with van der Waals surface area (Å²) in [7, 11) is 0. The second-order valence-electron chi connectivity index (χ2n) is 31.0. The fourth-order valence-corrected chi connectivity index (χ4v) is 15.3. The summed E-state index contributed by atoms with van der Waals surface area (Å²) in [5.74, 6) is 3.75. The van der Waals surface area contributed by atoms with Crippen molar-refractivity contribution in [2.45, 2.75) is 64.1 Å². The van der Waals surface area contributed by atoms with Crippen LogP contribution >= 0.6 is 0 Å². The van der Waals surface area contributed by atoms with Crippen molar-refractivity contribution in [3.63, 3.8) is 0 Å². The Balaban J connectivity index is 0.000000140. The maximum atomic E-state index is 13.2. The van der Waals surface area contributed by atoms with Gasteiger partial charge in [0.05, 0.1) is 17.7 Å². The molecule has 0 radical (unpaired) electrons. The van der Waals surface area contributed by atoms with E-state index in [1.807, 2.05) is 157 Å². The van der Waals surface area contributed by atoms with E-state index in [0.29, 0.717) is 56.4 Å². The van der Waals surface area contributed by atoms with Crippen LogP contribution < -0.4 is 38.5 Å². The Morgan fingerprint density at radius 1 is 0.311 bits per heavy atom. The molecule has 0 bridgehead atoms. The molecule has 4 aliphatic rings. The molecule has 0 aliphatic carbocycles. The zero-order valence-corrected chi connectivity index (χ0v) is 69.3. The van der Waals surface area contributed by atoms with Gasteiger partial charge in [0.1, 0.15) is 53.2 Å². The number of ether oxygens (including phenoxy) is 4. The van der Waals surface area contributed by atoms with E-state index < -0.39 is 23.5 Å². The summed E-state index contributed by atoms with van der Waals surface area (Å²) >= 11 is 0. The monoisotopic (exact) mass is 1660 g/mol. The van der Waals surface area contributed by atoms with Gasteiger partial charge in [-0.1, -0.05) is 205 Å². The van der Waals surface area contributed by atoms with Crippen molar-refractivity contribution < 1.29 is 54.8 Å². The van der Waals surface area contributed by atoms with Crippen LogP contribution in [-0.4, -0.2) is 166 Å². The summed E-state index contributed by atoms with van der Waals surface area (Å²) in [6.45, 7) is 22.5. The second-order valence-corrected chi connectivity index (χ2v) is 31.0. The zero-order chi connectivity index (χ0) is 85.1. The molecule has 122 heavy (non-hydrogen) atoms. The maximum Gasteiger partial charge on any atom is 0.416 e. The number of piperazine rings is 4. The molecule has 5 heterocycles. The van der Waals surface area contributed by atoms with Crippen LogP contribution in [0.5, 0.6) is 23.0 Å². The first kappa shape index (κ1) is 88.0. The van der Waals surface area contributed by atoms with Gasteiger partial charge >= 0.3 is 12.4 Å². The van der Waals surface area contributed by atoms with Crippen LogP contribution in [0.2, 0.25) is 0 Å². The Labute approximate surface area is 712 Å². The minimum Gasteiger partial charge on any atom is -0.484 e. The normalized spacial score (nSPS) is 16.0. The third-order valence-corrected chi connectivity index (χ3v) is 22.3. The van der Waals surface area contributed by atoms with Gasteiger partial charge in [0.15, 0.2) is 0 Å². The van der Waals surface area contributed by atoms with Gasteiger partial charge in [-0.3, -0.25) is 19.6 Å². The van der Waals surface area contributed by atoms with Crippen molar-refractivity contribution in [3.8, 4) is 23.0 Å². The summed E-state index contributed by atoms with van der Waals surface area (Å²) < 4.78 is 117. The number of aliphatic hydroxyl groups excluding tert-OH is 1. The third kappa shape index (κ3) is 26.4. The van der Waals surface area contributed by atoms with Crippen molar-refractivity contribution in [2.24, 2.45) is 0 Å². The Bertz CT molecular complexity index is 4880. The second kappa shape index (κ2) is 43.6.